The van der Waals surface area contributed by atoms with E-state index in [0.29, 0.717) is 30.6 Å². The number of imidazole rings is 1. The van der Waals surface area contributed by atoms with Crippen LogP contribution in [0.15, 0.2) is 24.4 Å². The maximum absolute atomic E-state index is 12.9. The molecule has 0 fully saturated rings. The fourth-order valence-corrected chi connectivity index (χ4v) is 2.62. The molecule has 3 N–H and O–H groups in total. The number of anilines is 2. The van der Waals surface area contributed by atoms with Crippen molar-refractivity contribution in [3.05, 3.63) is 46.5 Å². The van der Waals surface area contributed by atoms with Gasteiger partial charge in [-0.2, -0.15) is 18.4 Å². The summed E-state index contributed by atoms with van der Waals surface area (Å²) in [6.45, 7) is 0.406. The largest absolute Gasteiger partial charge is 0.434 e. The second-order valence-electron chi connectivity index (χ2n) is 5.63. The Labute approximate surface area is 156 Å². The Morgan fingerprint density at radius 3 is 2.70 bits per heavy atom. The summed E-state index contributed by atoms with van der Waals surface area (Å²) < 4.78 is 39.8. The summed E-state index contributed by atoms with van der Waals surface area (Å²) in [4.78, 5) is 11.7. The maximum atomic E-state index is 12.9. The van der Waals surface area contributed by atoms with Crippen molar-refractivity contribution in [2.24, 2.45) is 0 Å². The van der Waals surface area contributed by atoms with Gasteiger partial charge in [0.05, 0.1) is 5.56 Å². The molecule has 3 aromatic heterocycles. The zero-order valence-corrected chi connectivity index (χ0v) is 14.5. The van der Waals surface area contributed by atoms with Crippen molar-refractivity contribution in [3.63, 3.8) is 0 Å². The third-order valence-corrected chi connectivity index (χ3v) is 3.90. The summed E-state index contributed by atoms with van der Waals surface area (Å²) in [6, 6.07) is 6.49. The van der Waals surface area contributed by atoms with Crippen LogP contribution in [0, 0.1) is 11.3 Å². The first-order valence-corrected chi connectivity index (χ1v) is 8.18. The van der Waals surface area contributed by atoms with E-state index in [4.69, 9.17) is 22.6 Å². The van der Waals surface area contributed by atoms with Crippen LogP contribution in [0.3, 0.4) is 0 Å². The first-order chi connectivity index (χ1) is 12.8. The van der Waals surface area contributed by atoms with Gasteiger partial charge in [0.15, 0.2) is 5.69 Å². The van der Waals surface area contributed by atoms with Crippen LogP contribution in [0.2, 0.25) is 5.15 Å². The van der Waals surface area contributed by atoms with E-state index in [2.05, 4.69) is 20.3 Å². The highest BCUT2D eigenvalue weighted by Gasteiger charge is 2.34. The smallest absolute Gasteiger partial charge is 0.383 e. The summed E-state index contributed by atoms with van der Waals surface area (Å²) in [7, 11) is 0. The number of hydrogen-bond donors (Lipinski definition) is 2. The molecule has 0 aliphatic carbocycles. The minimum atomic E-state index is -4.56. The normalized spacial score (nSPS) is 11.5. The van der Waals surface area contributed by atoms with Gasteiger partial charge in [0.2, 0.25) is 5.95 Å². The van der Waals surface area contributed by atoms with Crippen molar-refractivity contribution in [3.8, 4) is 6.07 Å². The molecule has 140 valence electrons. The van der Waals surface area contributed by atoms with E-state index in [1.54, 1.807) is 12.1 Å². The monoisotopic (exact) mass is 395 g/mol. The van der Waals surface area contributed by atoms with Crippen LogP contribution in [0.4, 0.5) is 24.9 Å². The van der Waals surface area contributed by atoms with Gasteiger partial charge < -0.3 is 11.1 Å². The van der Waals surface area contributed by atoms with Crippen LogP contribution in [-0.4, -0.2) is 25.9 Å². The summed E-state index contributed by atoms with van der Waals surface area (Å²) >= 11 is 5.87. The Hall–Kier alpha value is -3.06. The molecule has 0 aliphatic heterocycles. The van der Waals surface area contributed by atoms with E-state index in [0.717, 1.165) is 6.20 Å². The van der Waals surface area contributed by atoms with E-state index in [1.807, 2.05) is 6.07 Å². The number of halogens is 4. The molecule has 3 rings (SSSR count). The Morgan fingerprint density at radius 2 is 2.04 bits per heavy atom. The quantitative estimate of drug-likeness (QED) is 0.507. The average Bonchev–Trinajstić information content (AvgIpc) is 3.03. The number of nitrogens with one attached hydrogen (secondary N) is 1. The molecule has 3 heterocycles. The predicted molar refractivity (Wildman–Crippen MR) is 93.2 cm³/mol. The van der Waals surface area contributed by atoms with Gasteiger partial charge >= 0.3 is 6.18 Å². The Bertz CT molecular complexity index is 1020. The van der Waals surface area contributed by atoms with Crippen LogP contribution in [0.25, 0.3) is 5.65 Å². The highest BCUT2D eigenvalue weighted by atomic mass is 35.5. The lowest BCUT2D eigenvalue weighted by Crippen LogP contribution is -2.09. The molecule has 0 bridgehead atoms. The lowest BCUT2D eigenvalue weighted by atomic mass is 10.2. The lowest BCUT2D eigenvalue weighted by molar-refractivity contribution is -0.140. The number of rotatable bonds is 5. The van der Waals surface area contributed by atoms with Crippen LogP contribution in [-0.2, 0) is 12.6 Å². The van der Waals surface area contributed by atoms with Gasteiger partial charge in [-0.05, 0) is 25.0 Å². The van der Waals surface area contributed by atoms with Gasteiger partial charge in [0.25, 0.3) is 0 Å². The standard InChI is InChI=1S/C16H13ClF3N7/c17-12-6-13-25-11(16(18,19)20)8-27(13)15(26-12)23-5-1-2-10-4-3-9(7-21)14(22)24-10/h3-4,6,8H,1-2,5H2,(H2,22,24)(H,23,26). The lowest BCUT2D eigenvalue weighted by Gasteiger charge is -2.08. The first kappa shape index (κ1) is 18.7. The Kier molecular flexibility index (Phi) is 5.05. The van der Waals surface area contributed by atoms with Gasteiger partial charge in [-0.1, -0.05) is 11.6 Å². The van der Waals surface area contributed by atoms with E-state index in [1.165, 1.54) is 10.5 Å². The molecule has 0 saturated carbocycles. The van der Waals surface area contributed by atoms with Crippen LogP contribution in [0.1, 0.15) is 23.4 Å². The Morgan fingerprint density at radius 1 is 1.26 bits per heavy atom. The summed E-state index contributed by atoms with van der Waals surface area (Å²) in [5.74, 6) is 0.326. The summed E-state index contributed by atoms with van der Waals surface area (Å²) in [5.41, 5.74) is 5.71. The second-order valence-corrected chi connectivity index (χ2v) is 6.02. The van der Waals surface area contributed by atoms with Crippen molar-refractivity contribution in [1.29, 1.82) is 5.26 Å². The van der Waals surface area contributed by atoms with Crippen LogP contribution >= 0.6 is 11.6 Å². The molecule has 27 heavy (non-hydrogen) atoms. The second kappa shape index (κ2) is 7.28. The number of aromatic nitrogens is 4. The predicted octanol–water partition coefficient (Wildman–Crippen LogP) is 3.30. The molecule has 0 amide bonds. The minimum absolute atomic E-state index is 0.0332. The van der Waals surface area contributed by atoms with Crippen LogP contribution < -0.4 is 11.1 Å². The van der Waals surface area contributed by atoms with Gasteiger partial charge in [-0.15, -0.1) is 0 Å². The SMILES string of the molecule is N#Cc1ccc(CCCNc2nc(Cl)cc3nc(C(F)(F)F)cn23)nc1N. The number of alkyl halides is 3. The minimum Gasteiger partial charge on any atom is -0.383 e. The van der Waals surface area contributed by atoms with Gasteiger partial charge in [-0.3, -0.25) is 4.40 Å². The average molecular weight is 396 g/mol. The zero-order valence-electron chi connectivity index (χ0n) is 13.8. The molecule has 0 saturated heterocycles. The van der Waals surface area contributed by atoms with Crippen molar-refractivity contribution < 1.29 is 13.2 Å². The maximum Gasteiger partial charge on any atom is 0.434 e. The number of pyridine rings is 1. The van der Waals surface area contributed by atoms with Gasteiger partial charge in [0.1, 0.15) is 22.7 Å². The fraction of sp³-hybridized carbons (Fsp3) is 0.250. The third-order valence-electron chi connectivity index (χ3n) is 3.71. The van der Waals surface area contributed by atoms with Crippen molar-refractivity contribution in [2.75, 3.05) is 17.6 Å². The Balaban J connectivity index is 1.69. The molecule has 0 aromatic carbocycles. The van der Waals surface area contributed by atoms with E-state index in [9.17, 15) is 13.2 Å². The number of fused-ring (bicyclic) bond motifs is 1. The van der Waals surface area contributed by atoms with E-state index >= 15 is 0 Å². The number of aryl methyl sites for hydroxylation is 1. The molecule has 0 unspecified atom stereocenters. The first-order valence-electron chi connectivity index (χ1n) is 7.80. The molecule has 3 aromatic rings. The van der Waals surface area contributed by atoms with E-state index < -0.39 is 11.9 Å². The number of nitrogens with zero attached hydrogens (tertiary/aromatic N) is 5. The number of nitriles is 1. The topological polar surface area (TPSA) is 105 Å². The van der Waals surface area contributed by atoms with Gasteiger partial charge in [-0.25, -0.2) is 15.0 Å². The number of nitrogens with two attached hydrogens (primary N) is 1. The molecule has 0 aliphatic rings. The number of hydrogen-bond acceptors (Lipinski definition) is 6. The molecule has 11 heteroatoms. The highest BCUT2D eigenvalue weighted by molar-refractivity contribution is 6.29. The van der Waals surface area contributed by atoms with Crippen molar-refractivity contribution in [2.45, 2.75) is 19.0 Å². The summed E-state index contributed by atoms with van der Waals surface area (Å²) in [5, 5.41) is 11.8. The van der Waals surface area contributed by atoms with E-state index in [-0.39, 0.29) is 22.6 Å². The molecule has 0 spiro atoms. The zero-order chi connectivity index (χ0) is 19.6. The molecular weight excluding hydrogens is 383 g/mol. The molecule has 7 nitrogen and oxygen atoms in total. The third kappa shape index (κ3) is 4.20. The van der Waals surface area contributed by atoms with Crippen LogP contribution in [0.5, 0.6) is 0 Å². The highest BCUT2D eigenvalue weighted by Crippen LogP contribution is 2.29. The summed E-state index contributed by atoms with van der Waals surface area (Å²) in [6.07, 6.45) is -2.53. The molecular formula is C16H13ClF3N7. The number of nitrogen functional groups attached to an aromatic ring is 1. The van der Waals surface area contributed by atoms with Crippen molar-refractivity contribution in [1.82, 2.24) is 19.4 Å². The van der Waals surface area contributed by atoms with Crippen molar-refractivity contribution >= 4 is 29.0 Å². The molecule has 0 atom stereocenters. The fourth-order valence-electron chi connectivity index (χ4n) is 2.44. The van der Waals surface area contributed by atoms with Gasteiger partial charge in [0, 0.05) is 24.5 Å². The molecule has 0 radical (unpaired) electrons.